The Hall–Kier alpha value is -1.38. The molecule has 2 rings (SSSR count). The lowest BCUT2D eigenvalue weighted by molar-refractivity contribution is 0.627. The number of halogens is 1. The van der Waals surface area contributed by atoms with Gasteiger partial charge in [-0.1, -0.05) is 12.1 Å². The van der Waals surface area contributed by atoms with E-state index in [1.807, 2.05) is 12.1 Å². The molecule has 0 radical (unpaired) electrons. The first-order valence-electron chi connectivity index (χ1n) is 4.86. The molecule has 1 aliphatic heterocycles. The largest absolute Gasteiger partial charge is 0.372 e. The van der Waals surface area contributed by atoms with Crippen LogP contribution in [0.25, 0.3) is 0 Å². The minimum absolute atomic E-state index is 0.176. The first kappa shape index (κ1) is 9.19. The van der Waals surface area contributed by atoms with E-state index in [1.54, 1.807) is 0 Å². The lowest BCUT2D eigenvalue weighted by Gasteiger charge is -2.02. The van der Waals surface area contributed by atoms with Crippen molar-refractivity contribution in [3.63, 3.8) is 0 Å². The Morgan fingerprint density at radius 2 is 2.00 bits per heavy atom. The predicted octanol–water partition coefficient (Wildman–Crippen LogP) is 1.76. The fraction of sp³-hybridized carbons (Fsp3) is 0.364. The van der Waals surface area contributed by atoms with Crippen molar-refractivity contribution >= 4 is 5.84 Å². The molecule has 1 aromatic carbocycles. The molecule has 0 fully saturated rings. The fourth-order valence-corrected chi connectivity index (χ4v) is 1.53. The normalized spacial score (nSPS) is 15.1. The van der Waals surface area contributed by atoms with Gasteiger partial charge in [0.15, 0.2) is 0 Å². The van der Waals surface area contributed by atoms with Gasteiger partial charge in [-0.05, 0) is 24.1 Å². The Kier molecular flexibility index (Phi) is 2.77. The molecule has 0 aromatic heterocycles. The molecule has 1 heterocycles. The Balaban J connectivity index is 1.88. The molecule has 0 spiro atoms. The zero-order valence-electron chi connectivity index (χ0n) is 7.96. The zero-order chi connectivity index (χ0) is 9.80. The van der Waals surface area contributed by atoms with E-state index >= 15 is 0 Å². The van der Waals surface area contributed by atoms with Crippen LogP contribution >= 0.6 is 0 Å². The molecule has 0 saturated carbocycles. The van der Waals surface area contributed by atoms with Crippen LogP contribution in [-0.4, -0.2) is 18.9 Å². The van der Waals surface area contributed by atoms with Crippen LogP contribution in [0, 0.1) is 5.82 Å². The van der Waals surface area contributed by atoms with Gasteiger partial charge in [-0.25, -0.2) is 4.39 Å². The van der Waals surface area contributed by atoms with Gasteiger partial charge in [-0.15, -0.1) is 0 Å². The molecule has 2 nitrogen and oxygen atoms in total. The predicted molar refractivity (Wildman–Crippen MR) is 55.0 cm³/mol. The van der Waals surface area contributed by atoms with Crippen LogP contribution in [0.5, 0.6) is 0 Å². The number of benzene rings is 1. The second kappa shape index (κ2) is 4.22. The second-order valence-corrected chi connectivity index (χ2v) is 3.38. The average molecular weight is 192 g/mol. The van der Waals surface area contributed by atoms with Crippen LogP contribution in [0.15, 0.2) is 29.3 Å². The smallest absolute Gasteiger partial charge is 0.123 e. The Labute approximate surface area is 82.9 Å². The number of nitrogens with one attached hydrogen (secondary N) is 1. The molecule has 1 N–H and O–H groups in total. The summed E-state index contributed by atoms with van der Waals surface area (Å²) in [5.74, 6) is 0.902. The van der Waals surface area contributed by atoms with Gasteiger partial charge in [-0.3, -0.25) is 4.99 Å². The Bertz CT molecular complexity index is 330. The lowest BCUT2D eigenvalue weighted by Crippen LogP contribution is -2.18. The van der Waals surface area contributed by atoms with E-state index in [0.717, 1.165) is 37.3 Å². The van der Waals surface area contributed by atoms with Crippen molar-refractivity contribution in [3.05, 3.63) is 35.6 Å². The average Bonchev–Trinajstić information content (AvgIpc) is 2.70. The minimum Gasteiger partial charge on any atom is -0.372 e. The van der Waals surface area contributed by atoms with Crippen molar-refractivity contribution in [2.75, 3.05) is 13.1 Å². The maximum absolute atomic E-state index is 12.6. The molecule has 0 aliphatic carbocycles. The van der Waals surface area contributed by atoms with E-state index in [2.05, 4.69) is 10.3 Å². The number of aryl methyl sites for hydroxylation is 1. The summed E-state index contributed by atoms with van der Waals surface area (Å²) in [6, 6.07) is 6.65. The topological polar surface area (TPSA) is 24.4 Å². The van der Waals surface area contributed by atoms with Crippen LogP contribution in [-0.2, 0) is 6.42 Å². The Morgan fingerprint density at radius 3 is 2.64 bits per heavy atom. The first-order chi connectivity index (χ1) is 6.84. The summed E-state index contributed by atoms with van der Waals surface area (Å²) >= 11 is 0. The standard InChI is InChI=1S/C11H13FN2/c12-10-4-1-9(2-5-10)3-6-11-13-7-8-14-11/h1-2,4-5H,3,6-8H2,(H,13,14). The summed E-state index contributed by atoms with van der Waals surface area (Å²) in [7, 11) is 0. The molecule has 0 saturated heterocycles. The number of hydrogen-bond donors (Lipinski definition) is 1. The molecule has 0 amide bonds. The number of aliphatic imine (C=N–C) groups is 1. The number of rotatable bonds is 3. The molecule has 0 unspecified atom stereocenters. The maximum atomic E-state index is 12.6. The zero-order valence-corrected chi connectivity index (χ0v) is 7.96. The SMILES string of the molecule is Fc1ccc(CCC2=NCCN2)cc1. The van der Waals surface area contributed by atoms with Crippen molar-refractivity contribution in [1.82, 2.24) is 5.32 Å². The van der Waals surface area contributed by atoms with Gasteiger partial charge in [0.1, 0.15) is 5.82 Å². The summed E-state index contributed by atoms with van der Waals surface area (Å²) in [4.78, 5) is 4.30. The van der Waals surface area contributed by atoms with Gasteiger partial charge in [0.05, 0.1) is 12.4 Å². The lowest BCUT2D eigenvalue weighted by atomic mass is 10.1. The van der Waals surface area contributed by atoms with E-state index in [0.29, 0.717) is 0 Å². The third-order valence-corrected chi connectivity index (χ3v) is 2.31. The fourth-order valence-electron chi connectivity index (χ4n) is 1.53. The highest BCUT2D eigenvalue weighted by molar-refractivity contribution is 5.83. The third kappa shape index (κ3) is 2.31. The molecule has 14 heavy (non-hydrogen) atoms. The van der Waals surface area contributed by atoms with Crippen molar-refractivity contribution in [2.24, 2.45) is 4.99 Å². The Morgan fingerprint density at radius 1 is 1.21 bits per heavy atom. The van der Waals surface area contributed by atoms with Crippen molar-refractivity contribution in [2.45, 2.75) is 12.8 Å². The third-order valence-electron chi connectivity index (χ3n) is 2.31. The van der Waals surface area contributed by atoms with Crippen molar-refractivity contribution in [1.29, 1.82) is 0 Å². The number of amidine groups is 1. The quantitative estimate of drug-likeness (QED) is 0.775. The van der Waals surface area contributed by atoms with Crippen LogP contribution in [0.1, 0.15) is 12.0 Å². The van der Waals surface area contributed by atoms with E-state index in [-0.39, 0.29) is 5.82 Å². The van der Waals surface area contributed by atoms with Gasteiger partial charge in [-0.2, -0.15) is 0 Å². The summed E-state index contributed by atoms with van der Waals surface area (Å²) in [5.41, 5.74) is 1.16. The number of nitrogens with zero attached hydrogens (tertiary/aromatic N) is 1. The molecule has 1 aromatic rings. The van der Waals surface area contributed by atoms with E-state index in [1.165, 1.54) is 12.1 Å². The molecule has 3 heteroatoms. The molecule has 74 valence electrons. The molecule has 0 bridgehead atoms. The maximum Gasteiger partial charge on any atom is 0.123 e. The van der Waals surface area contributed by atoms with Gasteiger partial charge in [0.25, 0.3) is 0 Å². The van der Waals surface area contributed by atoms with Gasteiger partial charge in [0.2, 0.25) is 0 Å². The highest BCUT2D eigenvalue weighted by Gasteiger charge is 2.04. The van der Waals surface area contributed by atoms with E-state index in [9.17, 15) is 4.39 Å². The minimum atomic E-state index is -0.176. The van der Waals surface area contributed by atoms with Crippen LogP contribution in [0.4, 0.5) is 4.39 Å². The van der Waals surface area contributed by atoms with Crippen LogP contribution in [0.2, 0.25) is 0 Å². The first-order valence-corrected chi connectivity index (χ1v) is 4.86. The van der Waals surface area contributed by atoms with Gasteiger partial charge in [0, 0.05) is 13.0 Å². The molecule has 1 aliphatic rings. The number of hydrogen-bond acceptors (Lipinski definition) is 2. The molecular formula is C11H13FN2. The summed E-state index contributed by atoms with van der Waals surface area (Å²) < 4.78 is 12.6. The molecular weight excluding hydrogens is 179 g/mol. The van der Waals surface area contributed by atoms with Gasteiger partial charge >= 0.3 is 0 Å². The molecule has 0 atom stereocenters. The summed E-state index contributed by atoms with van der Waals surface area (Å²) in [6.07, 6.45) is 1.84. The second-order valence-electron chi connectivity index (χ2n) is 3.38. The van der Waals surface area contributed by atoms with Crippen LogP contribution < -0.4 is 5.32 Å². The summed E-state index contributed by atoms with van der Waals surface area (Å²) in [6.45, 7) is 1.84. The summed E-state index contributed by atoms with van der Waals surface area (Å²) in [5, 5.41) is 3.21. The highest BCUT2D eigenvalue weighted by Crippen LogP contribution is 2.06. The van der Waals surface area contributed by atoms with Crippen molar-refractivity contribution in [3.8, 4) is 0 Å². The van der Waals surface area contributed by atoms with Gasteiger partial charge < -0.3 is 5.32 Å². The van der Waals surface area contributed by atoms with Crippen molar-refractivity contribution < 1.29 is 4.39 Å². The van der Waals surface area contributed by atoms with E-state index in [4.69, 9.17) is 0 Å². The van der Waals surface area contributed by atoms with Crippen LogP contribution in [0.3, 0.4) is 0 Å². The highest BCUT2D eigenvalue weighted by atomic mass is 19.1. The monoisotopic (exact) mass is 192 g/mol. The van der Waals surface area contributed by atoms with E-state index < -0.39 is 0 Å².